The number of rotatable bonds is 5. The Hall–Kier alpha value is -2.54. The third kappa shape index (κ3) is 5.40. The highest BCUT2D eigenvalue weighted by Gasteiger charge is 2.50. The Labute approximate surface area is 200 Å². The smallest absolute Gasteiger partial charge is 0.381 e. The first kappa shape index (κ1) is 26.1. The molecule has 0 radical (unpaired) electrons. The van der Waals surface area contributed by atoms with Gasteiger partial charge in [-0.05, 0) is 62.1 Å². The van der Waals surface area contributed by atoms with Crippen molar-refractivity contribution in [2.75, 3.05) is 18.5 Å². The van der Waals surface area contributed by atoms with E-state index >= 15 is 0 Å². The molecule has 2 aromatic rings. The molecule has 184 valence electrons. The first-order chi connectivity index (χ1) is 16.0. The van der Waals surface area contributed by atoms with Crippen LogP contribution in [0, 0.1) is 0 Å². The maximum atomic E-state index is 13.5. The van der Waals surface area contributed by atoms with E-state index in [2.05, 4.69) is 5.32 Å². The molecule has 0 aromatic heterocycles. The van der Waals surface area contributed by atoms with Crippen LogP contribution in [-0.4, -0.2) is 42.5 Å². The lowest BCUT2D eigenvalue weighted by Crippen LogP contribution is -2.52. The van der Waals surface area contributed by atoms with E-state index in [1.54, 1.807) is 0 Å². The molecule has 0 saturated carbocycles. The minimum atomic E-state index is -4.51. The molecular weight excluding hydrogens is 493 g/mol. The number of anilines is 1. The van der Waals surface area contributed by atoms with Gasteiger partial charge < -0.3 is 10.1 Å². The lowest BCUT2D eigenvalue weighted by atomic mass is 9.95. The predicted molar refractivity (Wildman–Crippen MR) is 122 cm³/mol. The number of carbonyl (C=O) groups is 1. The highest BCUT2D eigenvalue weighted by molar-refractivity contribution is 7.93. The van der Waals surface area contributed by atoms with Gasteiger partial charge in [0.05, 0.1) is 10.5 Å². The summed E-state index contributed by atoms with van der Waals surface area (Å²) in [6.45, 7) is 0.595. The summed E-state index contributed by atoms with van der Waals surface area (Å²) >= 11 is 5.20. The van der Waals surface area contributed by atoms with Crippen LogP contribution in [0.2, 0.25) is 0 Å². The van der Waals surface area contributed by atoms with Crippen LogP contribution in [0.15, 0.2) is 53.4 Å². The summed E-state index contributed by atoms with van der Waals surface area (Å²) in [4.78, 5) is 12.4. The van der Waals surface area contributed by atoms with Gasteiger partial charge in [0.15, 0.2) is 14.6 Å². The second-order valence-corrected chi connectivity index (χ2v) is 10.5. The number of ether oxygens (including phenoxy) is 1. The van der Waals surface area contributed by atoms with Gasteiger partial charge in [-0.1, -0.05) is 24.4 Å². The highest BCUT2D eigenvalue weighted by Crippen LogP contribution is 2.36. The first-order valence-corrected chi connectivity index (χ1v) is 12.3. The third-order valence-corrected chi connectivity index (χ3v) is 8.50. The lowest BCUT2D eigenvalue weighted by molar-refractivity contribution is -0.137. The van der Waals surface area contributed by atoms with Crippen LogP contribution in [0.5, 0.6) is 0 Å². The Balaban J connectivity index is 1.85. The van der Waals surface area contributed by atoms with Crippen molar-refractivity contribution in [2.24, 2.45) is 0 Å². The van der Waals surface area contributed by atoms with Crippen LogP contribution in [0.25, 0.3) is 0 Å². The molecule has 3 rings (SSSR count). The minimum absolute atomic E-state index is 0.0258. The summed E-state index contributed by atoms with van der Waals surface area (Å²) in [5, 5.41) is 12.0. The number of hydrogen-bond acceptors (Lipinski definition) is 6. The predicted octanol–water partition coefficient (Wildman–Crippen LogP) is 4.10. The molecule has 0 spiro atoms. The highest BCUT2D eigenvalue weighted by atomic mass is 32.2. The van der Waals surface area contributed by atoms with Crippen molar-refractivity contribution >= 4 is 38.6 Å². The second-order valence-electron chi connectivity index (χ2n) is 7.82. The number of hydroxylamine groups is 1. The second kappa shape index (κ2) is 10.4. The zero-order valence-electron chi connectivity index (χ0n) is 17.9. The van der Waals surface area contributed by atoms with Crippen LogP contribution in [-0.2, 0) is 25.5 Å². The number of thiocarbonyl (C=S) groups is 1. The molecule has 7 nitrogen and oxygen atoms in total. The molecule has 2 aromatic carbocycles. The summed E-state index contributed by atoms with van der Waals surface area (Å²) < 4.78 is 69.4. The Bertz CT molecular complexity index is 1140. The van der Waals surface area contributed by atoms with Crippen LogP contribution >= 0.6 is 12.2 Å². The maximum Gasteiger partial charge on any atom is 0.416 e. The number of hydrogen-bond donors (Lipinski definition) is 3. The number of amides is 1. The Morgan fingerprint density at radius 3 is 2.24 bits per heavy atom. The van der Waals surface area contributed by atoms with Crippen molar-refractivity contribution in [3.05, 3.63) is 59.7 Å². The van der Waals surface area contributed by atoms with Crippen molar-refractivity contribution < 1.29 is 36.3 Å². The number of alkyl halides is 3. The standard InChI is InChI=1S/C22H23F3N2O5S2/c23-22(24,25)16-5-1-4-15(14-16)19(33)26-17-6-8-18(9-7-17)34(30,31)21(20(28)27-29)10-2-12-32-13-3-11-21/h1,4-9,14,29H,2-3,10-13H2,(H,26,33)(H,27,28). The molecule has 1 fully saturated rings. The number of benzene rings is 2. The van der Waals surface area contributed by atoms with Gasteiger partial charge >= 0.3 is 6.18 Å². The first-order valence-electron chi connectivity index (χ1n) is 10.4. The molecular formula is C22H23F3N2O5S2. The summed E-state index contributed by atoms with van der Waals surface area (Å²) in [7, 11) is -4.21. The van der Waals surface area contributed by atoms with E-state index in [0.29, 0.717) is 31.7 Å². The van der Waals surface area contributed by atoms with E-state index in [1.165, 1.54) is 41.9 Å². The summed E-state index contributed by atoms with van der Waals surface area (Å²) in [5.41, 5.74) is 1.17. The van der Waals surface area contributed by atoms with Gasteiger partial charge in [-0.15, -0.1) is 0 Å². The zero-order chi connectivity index (χ0) is 25.0. The number of halogens is 3. The molecule has 0 unspecified atom stereocenters. The fourth-order valence-electron chi connectivity index (χ4n) is 3.85. The summed E-state index contributed by atoms with van der Waals surface area (Å²) in [6.07, 6.45) is -3.93. The molecule has 3 N–H and O–H groups in total. The quantitative estimate of drug-likeness (QED) is 0.312. The van der Waals surface area contributed by atoms with Gasteiger partial charge in [-0.25, -0.2) is 13.9 Å². The molecule has 34 heavy (non-hydrogen) atoms. The monoisotopic (exact) mass is 516 g/mol. The maximum absolute atomic E-state index is 13.5. The van der Waals surface area contributed by atoms with Gasteiger partial charge in [0.2, 0.25) is 0 Å². The summed E-state index contributed by atoms with van der Waals surface area (Å²) in [6, 6.07) is 9.91. The van der Waals surface area contributed by atoms with Crippen molar-refractivity contribution in [3.8, 4) is 0 Å². The molecule has 1 amide bonds. The Kier molecular flexibility index (Phi) is 7.96. The molecule has 1 heterocycles. The zero-order valence-corrected chi connectivity index (χ0v) is 19.5. The van der Waals surface area contributed by atoms with Crippen molar-refractivity contribution in [1.82, 2.24) is 5.48 Å². The van der Waals surface area contributed by atoms with E-state index in [4.69, 9.17) is 17.0 Å². The SMILES string of the molecule is O=C(NO)C1(S(=O)(=O)c2ccc(NC(=S)c3cccc(C(F)(F)F)c3)cc2)CCCOCCC1. The Morgan fingerprint density at radius 1 is 1.06 bits per heavy atom. The van der Waals surface area contributed by atoms with Crippen LogP contribution in [0.1, 0.15) is 36.8 Å². The van der Waals surface area contributed by atoms with Gasteiger partial charge in [0.1, 0.15) is 4.99 Å². The van der Waals surface area contributed by atoms with E-state index < -0.39 is 32.2 Å². The van der Waals surface area contributed by atoms with Crippen molar-refractivity contribution in [3.63, 3.8) is 0 Å². The minimum Gasteiger partial charge on any atom is -0.381 e. The average molecular weight is 517 g/mol. The van der Waals surface area contributed by atoms with Crippen LogP contribution in [0.4, 0.5) is 18.9 Å². The van der Waals surface area contributed by atoms with E-state index in [-0.39, 0.29) is 28.3 Å². The molecule has 0 bridgehead atoms. The van der Waals surface area contributed by atoms with Crippen LogP contribution < -0.4 is 10.8 Å². The van der Waals surface area contributed by atoms with E-state index in [0.717, 1.165) is 12.1 Å². The Morgan fingerprint density at radius 2 is 1.68 bits per heavy atom. The topological polar surface area (TPSA) is 105 Å². The molecule has 1 saturated heterocycles. The van der Waals surface area contributed by atoms with Gasteiger partial charge in [0, 0.05) is 24.5 Å². The third-order valence-electron chi connectivity index (χ3n) is 5.64. The van der Waals surface area contributed by atoms with Gasteiger partial charge in [0.25, 0.3) is 5.91 Å². The van der Waals surface area contributed by atoms with Gasteiger partial charge in [-0.2, -0.15) is 13.2 Å². The molecule has 1 aliphatic rings. The number of carbonyl (C=O) groups excluding carboxylic acids is 1. The van der Waals surface area contributed by atoms with Crippen molar-refractivity contribution in [2.45, 2.75) is 41.5 Å². The molecule has 1 aliphatic heterocycles. The lowest BCUT2D eigenvalue weighted by Gasteiger charge is -2.32. The largest absolute Gasteiger partial charge is 0.416 e. The fourth-order valence-corrected chi connectivity index (χ4v) is 6.16. The normalized spacial score (nSPS) is 16.7. The van der Waals surface area contributed by atoms with Gasteiger partial charge in [-0.3, -0.25) is 10.0 Å². The molecule has 12 heteroatoms. The molecule has 0 atom stereocenters. The van der Waals surface area contributed by atoms with Crippen LogP contribution in [0.3, 0.4) is 0 Å². The van der Waals surface area contributed by atoms with Crippen molar-refractivity contribution in [1.29, 1.82) is 0 Å². The summed E-state index contributed by atoms with van der Waals surface area (Å²) in [5.74, 6) is -0.998. The van der Waals surface area contributed by atoms with E-state index in [9.17, 15) is 31.6 Å². The number of nitrogens with one attached hydrogen (secondary N) is 2. The average Bonchev–Trinajstić information content (AvgIpc) is 2.78. The van der Waals surface area contributed by atoms with E-state index in [1.807, 2.05) is 0 Å². The molecule has 0 aliphatic carbocycles. The number of sulfone groups is 1. The fraction of sp³-hybridized carbons (Fsp3) is 0.364.